The summed E-state index contributed by atoms with van der Waals surface area (Å²) in [7, 11) is 0. The highest BCUT2D eigenvalue weighted by Gasteiger charge is 2.23. The molecule has 1 aromatic carbocycles. The third-order valence-corrected chi connectivity index (χ3v) is 3.84. The Morgan fingerprint density at radius 2 is 1.90 bits per heavy atom. The molecule has 0 radical (unpaired) electrons. The number of benzene rings is 1. The zero-order valence-corrected chi connectivity index (χ0v) is 12.0. The predicted molar refractivity (Wildman–Crippen MR) is 81.2 cm³/mol. The lowest BCUT2D eigenvalue weighted by Gasteiger charge is -2.27. The van der Waals surface area contributed by atoms with Gasteiger partial charge in [0.1, 0.15) is 0 Å². The molecule has 1 saturated heterocycles. The van der Waals surface area contributed by atoms with E-state index in [1.54, 1.807) is 12.2 Å². The van der Waals surface area contributed by atoms with Crippen molar-refractivity contribution in [2.24, 2.45) is 0 Å². The molecule has 21 heavy (non-hydrogen) atoms. The van der Waals surface area contributed by atoms with Crippen LogP contribution in [0.15, 0.2) is 36.9 Å². The summed E-state index contributed by atoms with van der Waals surface area (Å²) in [6, 6.07) is 5.60. The second kappa shape index (κ2) is 6.04. The Labute approximate surface area is 124 Å². The Bertz CT molecular complexity index is 586. The van der Waals surface area contributed by atoms with Crippen molar-refractivity contribution in [2.75, 3.05) is 19.9 Å². The first kappa shape index (κ1) is 13.7. The number of piperidine rings is 1. The summed E-state index contributed by atoms with van der Waals surface area (Å²) < 4.78 is 10.7. The molecule has 0 aliphatic carbocycles. The molecule has 4 nitrogen and oxygen atoms in total. The van der Waals surface area contributed by atoms with Crippen LogP contribution in [0.5, 0.6) is 11.5 Å². The first-order chi connectivity index (χ1) is 10.3. The molecule has 2 aliphatic heterocycles. The van der Waals surface area contributed by atoms with Crippen molar-refractivity contribution in [3.8, 4) is 11.5 Å². The van der Waals surface area contributed by atoms with Crippen LogP contribution in [0, 0.1) is 0 Å². The lowest BCUT2D eigenvalue weighted by atomic mass is 10.0. The summed E-state index contributed by atoms with van der Waals surface area (Å²) in [5, 5.41) is 0. The van der Waals surface area contributed by atoms with Gasteiger partial charge in [-0.05, 0) is 43.0 Å². The van der Waals surface area contributed by atoms with E-state index in [1.807, 2.05) is 23.1 Å². The summed E-state index contributed by atoms with van der Waals surface area (Å²) in [4.78, 5) is 14.6. The summed E-state index contributed by atoms with van der Waals surface area (Å²) >= 11 is 0. The Kier molecular flexibility index (Phi) is 3.95. The Morgan fingerprint density at radius 3 is 2.67 bits per heavy atom. The van der Waals surface area contributed by atoms with Gasteiger partial charge < -0.3 is 14.4 Å². The summed E-state index contributed by atoms with van der Waals surface area (Å²) in [6.07, 6.45) is 6.78. The van der Waals surface area contributed by atoms with E-state index >= 15 is 0 Å². The molecule has 2 heterocycles. The third kappa shape index (κ3) is 2.79. The molecule has 1 amide bonds. The van der Waals surface area contributed by atoms with Crippen LogP contribution in [0.3, 0.4) is 0 Å². The van der Waals surface area contributed by atoms with Gasteiger partial charge >= 0.3 is 0 Å². The van der Waals surface area contributed by atoms with E-state index in [9.17, 15) is 4.79 Å². The van der Waals surface area contributed by atoms with Crippen LogP contribution >= 0.6 is 0 Å². The molecule has 0 spiro atoms. The number of hydrogen-bond acceptors (Lipinski definition) is 3. The zero-order valence-electron chi connectivity index (χ0n) is 12.0. The largest absolute Gasteiger partial charge is 0.454 e. The minimum atomic E-state index is 0.0634. The van der Waals surface area contributed by atoms with Crippen LogP contribution in [-0.4, -0.2) is 30.7 Å². The zero-order chi connectivity index (χ0) is 14.7. The molecule has 110 valence electrons. The van der Waals surface area contributed by atoms with Gasteiger partial charge in [0.2, 0.25) is 6.79 Å². The van der Waals surface area contributed by atoms with E-state index in [2.05, 4.69) is 6.58 Å². The molecule has 0 N–H and O–H groups in total. The molecule has 1 fully saturated rings. The highest BCUT2D eigenvalue weighted by Crippen LogP contribution is 2.35. The highest BCUT2D eigenvalue weighted by molar-refractivity contribution is 6.19. The van der Waals surface area contributed by atoms with Crippen LogP contribution in [0.4, 0.5) is 0 Å². The smallest absolute Gasteiger partial charge is 0.254 e. The van der Waals surface area contributed by atoms with Gasteiger partial charge in [-0.15, -0.1) is 0 Å². The number of allylic oxidation sites excluding steroid dienone is 2. The normalized spacial score (nSPS) is 17.7. The molecule has 0 unspecified atom stereocenters. The van der Waals surface area contributed by atoms with Crippen molar-refractivity contribution < 1.29 is 14.3 Å². The predicted octanol–water partition coefficient (Wildman–Crippen LogP) is 3.00. The molecule has 0 aromatic heterocycles. The van der Waals surface area contributed by atoms with E-state index < -0.39 is 0 Å². The maximum Gasteiger partial charge on any atom is 0.254 e. The van der Waals surface area contributed by atoms with Crippen LogP contribution in [-0.2, 0) is 4.79 Å². The number of carbonyl (C=O) groups is 1. The fourth-order valence-corrected chi connectivity index (χ4v) is 2.74. The van der Waals surface area contributed by atoms with Crippen LogP contribution in [0.1, 0.15) is 24.8 Å². The molecule has 1 aromatic rings. The summed E-state index contributed by atoms with van der Waals surface area (Å²) in [5.41, 5.74) is 1.50. The van der Waals surface area contributed by atoms with Crippen molar-refractivity contribution in [1.82, 2.24) is 4.90 Å². The second-order valence-corrected chi connectivity index (χ2v) is 5.24. The lowest BCUT2D eigenvalue weighted by Crippen LogP contribution is -2.36. The number of fused-ring (bicyclic) bond motifs is 1. The summed E-state index contributed by atoms with van der Waals surface area (Å²) in [6.45, 7) is 5.62. The van der Waals surface area contributed by atoms with Crippen LogP contribution in [0.2, 0.25) is 0 Å². The van der Waals surface area contributed by atoms with Gasteiger partial charge in [-0.2, -0.15) is 0 Å². The van der Waals surface area contributed by atoms with E-state index in [-0.39, 0.29) is 12.7 Å². The van der Waals surface area contributed by atoms with Gasteiger partial charge in [-0.1, -0.05) is 18.7 Å². The first-order valence-electron chi connectivity index (χ1n) is 7.31. The number of amides is 1. The van der Waals surface area contributed by atoms with E-state index in [1.165, 1.54) is 6.42 Å². The number of rotatable bonds is 3. The van der Waals surface area contributed by atoms with Gasteiger partial charge in [0.25, 0.3) is 5.91 Å². The van der Waals surface area contributed by atoms with Crippen LogP contribution < -0.4 is 9.47 Å². The van der Waals surface area contributed by atoms with Crippen LogP contribution in [0.25, 0.3) is 5.57 Å². The molecule has 4 heteroatoms. The maximum absolute atomic E-state index is 12.7. The Balaban J connectivity index is 1.89. The first-order valence-corrected chi connectivity index (χ1v) is 7.31. The van der Waals surface area contributed by atoms with Crippen molar-refractivity contribution in [3.63, 3.8) is 0 Å². The quantitative estimate of drug-likeness (QED) is 0.633. The monoisotopic (exact) mass is 285 g/mol. The van der Waals surface area contributed by atoms with Crippen molar-refractivity contribution in [3.05, 3.63) is 42.5 Å². The van der Waals surface area contributed by atoms with Crippen molar-refractivity contribution in [1.29, 1.82) is 0 Å². The Morgan fingerprint density at radius 1 is 1.14 bits per heavy atom. The van der Waals surface area contributed by atoms with E-state index in [0.29, 0.717) is 11.3 Å². The average Bonchev–Trinajstić information content (AvgIpc) is 3.00. The van der Waals surface area contributed by atoms with Gasteiger partial charge in [0.15, 0.2) is 11.5 Å². The molecule has 2 aliphatic rings. The lowest BCUT2D eigenvalue weighted by molar-refractivity contribution is -0.125. The average molecular weight is 285 g/mol. The second-order valence-electron chi connectivity index (χ2n) is 5.24. The van der Waals surface area contributed by atoms with E-state index in [0.717, 1.165) is 37.2 Å². The number of likely N-dealkylation sites (tertiary alicyclic amines) is 1. The van der Waals surface area contributed by atoms with Crippen molar-refractivity contribution in [2.45, 2.75) is 19.3 Å². The number of hydrogen-bond donors (Lipinski definition) is 0. The third-order valence-electron chi connectivity index (χ3n) is 3.84. The minimum Gasteiger partial charge on any atom is -0.454 e. The van der Waals surface area contributed by atoms with Gasteiger partial charge in [0, 0.05) is 18.7 Å². The van der Waals surface area contributed by atoms with Gasteiger partial charge in [0.05, 0.1) is 0 Å². The van der Waals surface area contributed by atoms with E-state index in [4.69, 9.17) is 9.47 Å². The molecule has 0 bridgehead atoms. The SMILES string of the molecule is C=CC=C(C(=O)N1CCCCC1)c1ccc2c(c1)OCO2. The van der Waals surface area contributed by atoms with Crippen molar-refractivity contribution >= 4 is 11.5 Å². The molecule has 0 saturated carbocycles. The minimum absolute atomic E-state index is 0.0634. The highest BCUT2D eigenvalue weighted by atomic mass is 16.7. The fourth-order valence-electron chi connectivity index (χ4n) is 2.74. The number of nitrogens with zero attached hydrogens (tertiary/aromatic N) is 1. The topological polar surface area (TPSA) is 38.8 Å². The molecule has 3 rings (SSSR count). The van der Waals surface area contributed by atoms with Gasteiger partial charge in [-0.25, -0.2) is 0 Å². The summed E-state index contributed by atoms with van der Waals surface area (Å²) in [5.74, 6) is 1.48. The fraction of sp³-hybridized carbons (Fsp3) is 0.353. The standard InChI is InChI=1S/C17H19NO3/c1-2-6-14(17(19)18-9-4-3-5-10-18)13-7-8-15-16(11-13)21-12-20-15/h2,6-8,11H,1,3-5,9-10,12H2. The molecule has 0 atom stereocenters. The number of ether oxygens (including phenoxy) is 2. The number of carbonyl (C=O) groups excluding carboxylic acids is 1. The molecular weight excluding hydrogens is 266 g/mol. The molecular formula is C17H19NO3. The maximum atomic E-state index is 12.7. The Hall–Kier alpha value is -2.23. The van der Waals surface area contributed by atoms with Gasteiger partial charge in [-0.3, -0.25) is 4.79 Å².